The van der Waals surface area contributed by atoms with Gasteiger partial charge in [0, 0.05) is 48.9 Å². The van der Waals surface area contributed by atoms with Gasteiger partial charge in [-0.3, -0.25) is 9.78 Å². The predicted molar refractivity (Wildman–Crippen MR) is 110 cm³/mol. The first kappa shape index (κ1) is 18.9. The number of nitrogens with zero attached hydrogens (tertiary/aromatic N) is 2. The Morgan fingerprint density at radius 3 is 2.73 bits per heavy atom. The van der Waals surface area contributed by atoms with Crippen molar-refractivity contribution in [2.45, 2.75) is 25.8 Å². The average molecular weight is 370 g/mol. The second-order valence-corrected chi connectivity index (χ2v) is 7.83. The summed E-state index contributed by atoms with van der Waals surface area (Å²) in [4.78, 5) is 19.4. The second-order valence-electron chi connectivity index (χ2n) is 6.85. The number of likely N-dealkylation sites (tertiary alicyclic amines) is 1. The molecular weight excluding hydrogens is 342 g/mol. The Kier molecular flexibility index (Phi) is 6.69. The Balaban J connectivity index is 1.60. The molecule has 2 heterocycles. The summed E-state index contributed by atoms with van der Waals surface area (Å²) in [6.45, 7) is 5.27. The molecular formula is C21H27N3OS. The van der Waals surface area contributed by atoms with Crippen LogP contribution in [0, 0.1) is 6.92 Å². The maximum absolute atomic E-state index is 12.7. The number of hydrogen-bond donors (Lipinski definition) is 1. The SMILES string of the molecule is CSCCN1CCC(NC(=O)c2cccc(-c3ccnc(C)c3)c2)CC1. The quantitative estimate of drug-likeness (QED) is 0.845. The van der Waals surface area contributed by atoms with Gasteiger partial charge < -0.3 is 10.2 Å². The zero-order chi connectivity index (χ0) is 18.4. The molecule has 26 heavy (non-hydrogen) atoms. The predicted octanol–water partition coefficient (Wildman–Crippen LogP) is 3.61. The fraction of sp³-hybridized carbons (Fsp3) is 0.429. The number of carbonyl (C=O) groups is 1. The number of rotatable bonds is 6. The first-order chi connectivity index (χ1) is 12.7. The van der Waals surface area contributed by atoms with Crippen LogP contribution in [0.4, 0.5) is 0 Å². The van der Waals surface area contributed by atoms with E-state index < -0.39 is 0 Å². The molecule has 0 atom stereocenters. The summed E-state index contributed by atoms with van der Waals surface area (Å²) < 4.78 is 0. The van der Waals surface area contributed by atoms with Gasteiger partial charge in [0.2, 0.25) is 0 Å². The molecule has 0 bridgehead atoms. The van der Waals surface area contributed by atoms with Crippen molar-refractivity contribution >= 4 is 17.7 Å². The van der Waals surface area contributed by atoms with Crippen molar-refractivity contribution in [1.82, 2.24) is 15.2 Å². The van der Waals surface area contributed by atoms with Crippen molar-refractivity contribution in [3.63, 3.8) is 0 Å². The topological polar surface area (TPSA) is 45.2 Å². The summed E-state index contributed by atoms with van der Waals surface area (Å²) in [5.41, 5.74) is 3.84. The van der Waals surface area contributed by atoms with E-state index in [0.717, 1.165) is 54.9 Å². The fourth-order valence-corrected chi connectivity index (χ4v) is 3.80. The van der Waals surface area contributed by atoms with Crippen molar-refractivity contribution < 1.29 is 4.79 Å². The number of hydrogen-bond acceptors (Lipinski definition) is 4. The zero-order valence-corrected chi connectivity index (χ0v) is 16.4. The molecule has 0 unspecified atom stereocenters. The van der Waals surface area contributed by atoms with Crippen molar-refractivity contribution in [3.8, 4) is 11.1 Å². The third kappa shape index (κ3) is 5.08. The molecule has 1 N–H and O–H groups in total. The summed E-state index contributed by atoms with van der Waals surface area (Å²) in [7, 11) is 0. The smallest absolute Gasteiger partial charge is 0.251 e. The maximum atomic E-state index is 12.7. The standard InChI is InChI=1S/C21H27N3OS/c1-16-14-18(6-9-22-16)17-4-3-5-19(15-17)21(25)23-20-7-10-24(11-8-20)12-13-26-2/h3-6,9,14-15,20H,7-8,10-13H2,1-2H3,(H,23,25). The third-order valence-corrected chi connectivity index (χ3v) is 5.48. The normalized spacial score (nSPS) is 15.8. The summed E-state index contributed by atoms with van der Waals surface area (Å²) in [6.07, 6.45) is 6.02. The van der Waals surface area contributed by atoms with Gasteiger partial charge >= 0.3 is 0 Å². The molecule has 1 aliphatic rings. The number of carbonyl (C=O) groups excluding carboxylic acids is 1. The summed E-state index contributed by atoms with van der Waals surface area (Å²) in [5.74, 6) is 1.21. The minimum atomic E-state index is 0.0280. The van der Waals surface area contributed by atoms with Crippen LogP contribution in [-0.4, -0.2) is 53.5 Å². The molecule has 5 heteroatoms. The lowest BCUT2D eigenvalue weighted by molar-refractivity contribution is 0.0913. The van der Waals surface area contributed by atoms with E-state index in [-0.39, 0.29) is 11.9 Å². The first-order valence-electron chi connectivity index (χ1n) is 9.21. The number of piperidine rings is 1. The summed E-state index contributed by atoms with van der Waals surface area (Å²) >= 11 is 1.89. The van der Waals surface area contributed by atoms with Crippen molar-refractivity contribution in [2.75, 3.05) is 31.6 Å². The summed E-state index contributed by atoms with van der Waals surface area (Å²) in [5, 5.41) is 3.22. The number of nitrogens with one attached hydrogen (secondary N) is 1. The molecule has 4 nitrogen and oxygen atoms in total. The van der Waals surface area contributed by atoms with Crippen LogP contribution < -0.4 is 5.32 Å². The van der Waals surface area contributed by atoms with Crippen LogP contribution in [-0.2, 0) is 0 Å². The number of pyridine rings is 1. The molecule has 1 saturated heterocycles. The van der Waals surface area contributed by atoms with Crippen LogP contribution in [0.1, 0.15) is 28.9 Å². The zero-order valence-electron chi connectivity index (χ0n) is 15.6. The number of amides is 1. The molecule has 1 amide bonds. The van der Waals surface area contributed by atoms with E-state index in [9.17, 15) is 4.79 Å². The Morgan fingerprint density at radius 2 is 2.00 bits per heavy atom. The average Bonchev–Trinajstić information content (AvgIpc) is 2.67. The highest BCUT2D eigenvalue weighted by atomic mass is 32.2. The van der Waals surface area contributed by atoms with E-state index in [2.05, 4.69) is 21.5 Å². The highest BCUT2D eigenvalue weighted by Gasteiger charge is 2.21. The van der Waals surface area contributed by atoms with E-state index in [0.29, 0.717) is 0 Å². The van der Waals surface area contributed by atoms with Crippen LogP contribution in [0.5, 0.6) is 0 Å². The number of benzene rings is 1. The Bertz CT molecular complexity index is 742. The second kappa shape index (κ2) is 9.19. The maximum Gasteiger partial charge on any atom is 0.251 e. The van der Waals surface area contributed by atoms with Crippen molar-refractivity contribution in [1.29, 1.82) is 0 Å². The van der Waals surface area contributed by atoms with Gasteiger partial charge in [-0.15, -0.1) is 0 Å². The van der Waals surface area contributed by atoms with Crippen LogP contribution in [0.25, 0.3) is 11.1 Å². The number of thioether (sulfide) groups is 1. The molecule has 0 radical (unpaired) electrons. The molecule has 1 aromatic carbocycles. The Morgan fingerprint density at radius 1 is 1.23 bits per heavy atom. The molecule has 0 aliphatic carbocycles. The largest absolute Gasteiger partial charge is 0.349 e. The molecule has 3 rings (SSSR count). The number of aryl methyl sites for hydroxylation is 1. The van der Waals surface area contributed by atoms with Gasteiger partial charge in [0.05, 0.1) is 0 Å². The fourth-order valence-electron chi connectivity index (χ4n) is 3.36. The van der Waals surface area contributed by atoms with E-state index in [1.165, 1.54) is 5.75 Å². The van der Waals surface area contributed by atoms with E-state index in [1.807, 2.05) is 61.3 Å². The highest BCUT2D eigenvalue weighted by Crippen LogP contribution is 2.21. The number of aromatic nitrogens is 1. The lowest BCUT2D eigenvalue weighted by atomic mass is 10.0. The molecule has 138 valence electrons. The lowest BCUT2D eigenvalue weighted by Gasteiger charge is -2.32. The minimum Gasteiger partial charge on any atom is -0.349 e. The highest BCUT2D eigenvalue weighted by molar-refractivity contribution is 7.98. The molecule has 0 saturated carbocycles. The van der Waals surface area contributed by atoms with Crippen LogP contribution >= 0.6 is 11.8 Å². The van der Waals surface area contributed by atoms with Gasteiger partial charge in [-0.2, -0.15) is 11.8 Å². The van der Waals surface area contributed by atoms with Crippen LogP contribution in [0.3, 0.4) is 0 Å². The third-order valence-electron chi connectivity index (χ3n) is 4.89. The summed E-state index contributed by atoms with van der Waals surface area (Å²) in [6, 6.07) is 12.1. The van der Waals surface area contributed by atoms with Crippen molar-refractivity contribution in [3.05, 3.63) is 53.9 Å². The molecule has 1 fully saturated rings. The lowest BCUT2D eigenvalue weighted by Crippen LogP contribution is -2.45. The van der Waals surface area contributed by atoms with Crippen LogP contribution in [0.2, 0.25) is 0 Å². The Labute approximate surface area is 160 Å². The van der Waals surface area contributed by atoms with Gasteiger partial charge in [-0.1, -0.05) is 12.1 Å². The van der Waals surface area contributed by atoms with Gasteiger partial charge in [0.15, 0.2) is 0 Å². The van der Waals surface area contributed by atoms with Gasteiger partial charge in [-0.25, -0.2) is 0 Å². The van der Waals surface area contributed by atoms with Gasteiger partial charge in [0.25, 0.3) is 5.91 Å². The van der Waals surface area contributed by atoms with E-state index in [4.69, 9.17) is 0 Å². The first-order valence-corrected chi connectivity index (χ1v) is 10.6. The van der Waals surface area contributed by atoms with Gasteiger partial charge in [0.1, 0.15) is 0 Å². The monoisotopic (exact) mass is 369 g/mol. The molecule has 0 spiro atoms. The van der Waals surface area contributed by atoms with E-state index in [1.54, 1.807) is 0 Å². The molecule has 2 aromatic rings. The Hall–Kier alpha value is -1.85. The molecule has 1 aromatic heterocycles. The van der Waals surface area contributed by atoms with Crippen LogP contribution in [0.15, 0.2) is 42.6 Å². The minimum absolute atomic E-state index is 0.0280. The molecule has 1 aliphatic heterocycles. The van der Waals surface area contributed by atoms with Gasteiger partial charge in [-0.05, 0) is 61.4 Å². The van der Waals surface area contributed by atoms with E-state index >= 15 is 0 Å². The van der Waals surface area contributed by atoms with Crippen molar-refractivity contribution in [2.24, 2.45) is 0 Å².